The minimum absolute atomic E-state index is 0.493. The SMILES string of the molecule is CCCC(O)(O)CCCCCCCCCc1ccccc1. The van der Waals surface area contributed by atoms with Crippen LogP contribution >= 0.6 is 0 Å². The molecule has 0 atom stereocenters. The van der Waals surface area contributed by atoms with Crippen LogP contribution in [0.3, 0.4) is 0 Å². The van der Waals surface area contributed by atoms with E-state index in [0.717, 1.165) is 19.3 Å². The van der Waals surface area contributed by atoms with Crippen LogP contribution in [-0.2, 0) is 6.42 Å². The Bertz CT molecular complexity index is 346. The number of rotatable bonds is 12. The predicted octanol–water partition coefficient (Wildman–Crippen LogP) is 4.83. The van der Waals surface area contributed by atoms with E-state index in [-0.39, 0.29) is 0 Å². The summed E-state index contributed by atoms with van der Waals surface area (Å²) < 4.78 is 0. The lowest BCUT2D eigenvalue weighted by molar-refractivity contribution is -0.171. The lowest BCUT2D eigenvalue weighted by Gasteiger charge is -2.20. The van der Waals surface area contributed by atoms with Gasteiger partial charge in [0.2, 0.25) is 0 Å². The maximum absolute atomic E-state index is 9.65. The molecule has 2 nitrogen and oxygen atoms in total. The molecule has 0 radical (unpaired) electrons. The second-order valence-electron chi connectivity index (χ2n) is 6.19. The van der Waals surface area contributed by atoms with Crippen LogP contribution < -0.4 is 0 Å². The van der Waals surface area contributed by atoms with Crippen LogP contribution in [0.25, 0.3) is 0 Å². The molecule has 1 aromatic carbocycles. The Balaban J connectivity index is 1.89. The second kappa shape index (κ2) is 10.8. The van der Waals surface area contributed by atoms with Crippen molar-refractivity contribution in [2.24, 2.45) is 0 Å². The van der Waals surface area contributed by atoms with Gasteiger partial charge in [0.1, 0.15) is 0 Å². The number of aryl methyl sites for hydroxylation is 1. The Morgan fingerprint density at radius 3 is 1.95 bits per heavy atom. The molecule has 0 aromatic heterocycles. The number of unbranched alkanes of at least 4 members (excludes halogenated alkanes) is 6. The first-order valence-electron chi connectivity index (χ1n) is 8.63. The zero-order valence-corrected chi connectivity index (χ0v) is 13.6. The fourth-order valence-electron chi connectivity index (χ4n) is 2.79. The summed E-state index contributed by atoms with van der Waals surface area (Å²) in [5.74, 6) is -1.43. The number of benzene rings is 1. The Labute approximate surface area is 130 Å². The van der Waals surface area contributed by atoms with Gasteiger partial charge in [-0.15, -0.1) is 0 Å². The Hall–Kier alpha value is -0.860. The van der Waals surface area contributed by atoms with E-state index in [9.17, 15) is 10.2 Å². The normalized spacial score (nSPS) is 11.8. The summed E-state index contributed by atoms with van der Waals surface area (Å²) in [6.45, 7) is 1.98. The van der Waals surface area contributed by atoms with Crippen LogP contribution in [0, 0.1) is 0 Å². The standard InChI is InChI=1S/C19H32O2/c1-2-16-19(20,21)17-12-7-5-3-4-6-9-13-18-14-10-8-11-15-18/h8,10-11,14-15,20-21H,2-7,9,12-13,16-17H2,1H3. The minimum atomic E-state index is -1.43. The average molecular weight is 292 g/mol. The summed E-state index contributed by atoms with van der Waals surface area (Å²) in [4.78, 5) is 0. The van der Waals surface area contributed by atoms with E-state index in [4.69, 9.17) is 0 Å². The molecule has 2 N–H and O–H groups in total. The molecular weight excluding hydrogens is 260 g/mol. The highest BCUT2D eigenvalue weighted by atomic mass is 16.5. The van der Waals surface area contributed by atoms with Crippen molar-refractivity contribution >= 4 is 0 Å². The summed E-state index contributed by atoms with van der Waals surface area (Å²) >= 11 is 0. The van der Waals surface area contributed by atoms with E-state index < -0.39 is 5.79 Å². The zero-order valence-electron chi connectivity index (χ0n) is 13.6. The van der Waals surface area contributed by atoms with Crippen molar-refractivity contribution in [1.82, 2.24) is 0 Å². The van der Waals surface area contributed by atoms with E-state index in [1.54, 1.807) is 0 Å². The van der Waals surface area contributed by atoms with E-state index in [0.29, 0.717) is 12.8 Å². The third-order valence-electron chi connectivity index (χ3n) is 4.04. The van der Waals surface area contributed by atoms with Crippen molar-refractivity contribution in [2.45, 2.75) is 83.3 Å². The monoisotopic (exact) mass is 292 g/mol. The van der Waals surface area contributed by atoms with Gasteiger partial charge in [0.15, 0.2) is 5.79 Å². The van der Waals surface area contributed by atoms with Crippen LogP contribution in [0.2, 0.25) is 0 Å². The third kappa shape index (κ3) is 9.65. The van der Waals surface area contributed by atoms with Crippen molar-refractivity contribution in [2.75, 3.05) is 0 Å². The van der Waals surface area contributed by atoms with Crippen LogP contribution in [-0.4, -0.2) is 16.0 Å². The van der Waals surface area contributed by atoms with Crippen molar-refractivity contribution < 1.29 is 10.2 Å². The van der Waals surface area contributed by atoms with Crippen LogP contribution in [0.1, 0.15) is 76.7 Å². The minimum Gasteiger partial charge on any atom is -0.366 e. The molecule has 21 heavy (non-hydrogen) atoms. The van der Waals surface area contributed by atoms with E-state index in [2.05, 4.69) is 30.3 Å². The van der Waals surface area contributed by atoms with Gasteiger partial charge in [0.05, 0.1) is 0 Å². The molecule has 0 bridgehead atoms. The highest BCUT2D eigenvalue weighted by molar-refractivity contribution is 5.14. The lowest BCUT2D eigenvalue weighted by atomic mass is 10.0. The maximum atomic E-state index is 9.65. The zero-order chi connectivity index (χ0) is 15.4. The number of hydrogen-bond acceptors (Lipinski definition) is 2. The van der Waals surface area contributed by atoms with Gasteiger partial charge in [0, 0.05) is 12.8 Å². The van der Waals surface area contributed by atoms with E-state index >= 15 is 0 Å². The highest BCUT2D eigenvalue weighted by Gasteiger charge is 2.20. The van der Waals surface area contributed by atoms with Crippen molar-refractivity contribution in [1.29, 1.82) is 0 Å². The molecule has 0 aliphatic rings. The summed E-state index contributed by atoms with van der Waals surface area (Å²) in [6, 6.07) is 10.7. The summed E-state index contributed by atoms with van der Waals surface area (Å²) in [5, 5.41) is 19.3. The first kappa shape index (κ1) is 18.2. The van der Waals surface area contributed by atoms with E-state index in [1.165, 1.54) is 44.1 Å². The first-order chi connectivity index (χ1) is 10.1. The predicted molar refractivity (Wildman–Crippen MR) is 89.2 cm³/mol. The molecule has 0 aliphatic heterocycles. The molecule has 0 spiro atoms. The van der Waals surface area contributed by atoms with Gasteiger partial charge >= 0.3 is 0 Å². The molecule has 0 saturated carbocycles. The van der Waals surface area contributed by atoms with Gasteiger partial charge < -0.3 is 10.2 Å². The third-order valence-corrected chi connectivity index (χ3v) is 4.04. The van der Waals surface area contributed by atoms with Crippen molar-refractivity contribution in [3.05, 3.63) is 35.9 Å². The van der Waals surface area contributed by atoms with Crippen LogP contribution in [0.15, 0.2) is 30.3 Å². The Morgan fingerprint density at radius 1 is 0.762 bits per heavy atom. The van der Waals surface area contributed by atoms with Gasteiger partial charge in [-0.05, 0) is 24.8 Å². The molecule has 1 aromatic rings. The number of hydrogen-bond donors (Lipinski definition) is 2. The fourth-order valence-corrected chi connectivity index (χ4v) is 2.79. The van der Waals surface area contributed by atoms with Gasteiger partial charge in [-0.25, -0.2) is 0 Å². The summed E-state index contributed by atoms with van der Waals surface area (Å²) in [6.07, 6.45) is 11.4. The summed E-state index contributed by atoms with van der Waals surface area (Å²) in [5.41, 5.74) is 1.44. The molecule has 0 aliphatic carbocycles. The van der Waals surface area contributed by atoms with Crippen LogP contribution in [0.5, 0.6) is 0 Å². The second-order valence-corrected chi connectivity index (χ2v) is 6.19. The maximum Gasteiger partial charge on any atom is 0.162 e. The average Bonchev–Trinajstić information content (AvgIpc) is 2.46. The molecular formula is C19H32O2. The van der Waals surface area contributed by atoms with Crippen LogP contribution in [0.4, 0.5) is 0 Å². The molecule has 0 saturated heterocycles. The molecule has 1 rings (SSSR count). The topological polar surface area (TPSA) is 40.5 Å². The number of aliphatic hydroxyl groups is 2. The van der Waals surface area contributed by atoms with E-state index in [1.807, 2.05) is 6.92 Å². The molecule has 2 heteroatoms. The largest absolute Gasteiger partial charge is 0.366 e. The first-order valence-corrected chi connectivity index (χ1v) is 8.63. The molecule has 0 amide bonds. The molecule has 0 fully saturated rings. The Morgan fingerprint density at radius 2 is 1.33 bits per heavy atom. The van der Waals surface area contributed by atoms with Gasteiger partial charge in [-0.3, -0.25) is 0 Å². The van der Waals surface area contributed by atoms with Gasteiger partial charge in [-0.1, -0.05) is 75.8 Å². The smallest absolute Gasteiger partial charge is 0.162 e. The lowest BCUT2D eigenvalue weighted by Crippen LogP contribution is -2.27. The van der Waals surface area contributed by atoms with Crippen molar-refractivity contribution in [3.8, 4) is 0 Å². The van der Waals surface area contributed by atoms with Gasteiger partial charge in [0.25, 0.3) is 0 Å². The Kier molecular flexibility index (Phi) is 9.36. The molecule has 120 valence electrons. The quantitative estimate of drug-likeness (QED) is 0.428. The summed E-state index contributed by atoms with van der Waals surface area (Å²) in [7, 11) is 0. The van der Waals surface area contributed by atoms with Crippen molar-refractivity contribution in [3.63, 3.8) is 0 Å². The fraction of sp³-hybridized carbons (Fsp3) is 0.684. The molecule has 0 unspecified atom stereocenters. The highest BCUT2D eigenvalue weighted by Crippen LogP contribution is 2.18. The van der Waals surface area contributed by atoms with Gasteiger partial charge in [-0.2, -0.15) is 0 Å². The molecule has 0 heterocycles.